The van der Waals surface area contributed by atoms with E-state index in [0.29, 0.717) is 12.1 Å². The van der Waals surface area contributed by atoms with Gasteiger partial charge in [0.05, 0.1) is 35.0 Å². The van der Waals surface area contributed by atoms with E-state index in [0.717, 1.165) is 0 Å². The standard InChI is InChI=1S/C13H14N2O5S/c16-11-6-15(8-4-5-21(19,20)7-8)10-3-1-2-9(13(17)18)12(10)14-11/h1-3,8H,4-7H2,(H,14,16)(H,17,18). The zero-order valence-electron chi connectivity index (χ0n) is 11.1. The molecule has 1 unspecified atom stereocenters. The van der Waals surface area contributed by atoms with Gasteiger partial charge in [0, 0.05) is 6.04 Å². The van der Waals surface area contributed by atoms with Crippen molar-refractivity contribution in [2.45, 2.75) is 12.5 Å². The maximum atomic E-state index is 11.8. The quantitative estimate of drug-likeness (QED) is 0.816. The third kappa shape index (κ3) is 2.46. The van der Waals surface area contributed by atoms with Crippen LogP contribution >= 0.6 is 0 Å². The normalized spacial score (nSPS) is 23.5. The second-order valence-corrected chi connectivity index (χ2v) is 7.47. The number of aromatic carboxylic acids is 1. The van der Waals surface area contributed by atoms with Crippen molar-refractivity contribution in [2.75, 3.05) is 28.3 Å². The number of carbonyl (C=O) groups excluding carboxylic acids is 1. The first-order valence-corrected chi connectivity index (χ1v) is 8.33. The van der Waals surface area contributed by atoms with Gasteiger partial charge in [-0.3, -0.25) is 4.79 Å². The lowest BCUT2D eigenvalue weighted by Gasteiger charge is -2.35. The van der Waals surface area contributed by atoms with E-state index in [9.17, 15) is 23.1 Å². The molecular weight excluding hydrogens is 296 g/mol. The van der Waals surface area contributed by atoms with Crippen LogP contribution in [-0.2, 0) is 14.6 Å². The summed E-state index contributed by atoms with van der Waals surface area (Å²) >= 11 is 0. The lowest BCUT2D eigenvalue weighted by Crippen LogP contribution is -2.45. The molecule has 112 valence electrons. The highest BCUT2D eigenvalue weighted by Gasteiger charge is 2.36. The first-order valence-electron chi connectivity index (χ1n) is 6.50. The predicted octanol–water partition coefficient (Wildman–Crippen LogP) is 0.330. The Bertz CT molecular complexity index is 728. The number of carbonyl (C=O) groups is 2. The van der Waals surface area contributed by atoms with Gasteiger partial charge in [-0.2, -0.15) is 0 Å². The SMILES string of the molecule is O=C1CN(C2CCS(=O)(=O)C2)c2cccc(C(=O)O)c2N1. The highest BCUT2D eigenvalue weighted by Crippen LogP contribution is 2.36. The topological polar surface area (TPSA) is 104 Å². The maximum Gasteiger partial charge on any atom is 0.337 e. The maximum absolute atomic E-state index is 11.8. The summed E-state index contributed by atoms with van der Waals surface area (Å²) in [7, 11) is -3.08. The number of fused-ring (bicyclic) bond motifs is 1. The number of anilines is 2. The average Bonchev–Trinajstić information content (AvgIpc) is 2.77. The van der Waals surface area contributed by atoms with Crippen molar-refractivity contribution >= 4 is 33.1 Å². The zero-order valence-corrected chi connectivity index (χ0v) is 11.9. The van der Waals surface area contributed by atoms with Gasteiger partial charge in [0.2, 0.25) is 5.91 Å². The summed E-state index contributed by atoms with van der Waals surface area (Å²) in [6.45, 7) is 0.0380. The van der Waals surface area contributed by atoms with Gasteiger partial charge in [-0.05, 0) is 18.6 Å². The summed E-state index contributed by atoms with van der Waals surface area (Å²) in [6, 6.07) is 4.42. The van der Waals surface area contributed by atoms with E-state index in [2.05, 4.69) is 5.32 Å². The minimum Gasteiger partial charge on any atom is -0.478 e. The van der Waals surface area contributed by atoms with E-state index in [1.54, 1.807) is 17.0 Å². The molecule has 2 N–H and O–H groups in total. The van der Waals surface area contributed by atoms with Crippen LogP contribution in [0.2, 0.25) is 0 Å². The van der Waals surface area contributed by atoms with E-state index >= 15 is 0 Å². The van der Waals surface area contributed by atoms with Crippen LogP contribution in [0.1, 0.15) is 16.8 Å². The number of nitrogens with one attached hydrogen (secondary N) is 1. The lowest BCUT2D eigenvalue weighted by atomic mass is 10.1. The minimum absolute atomic E-state index is 0.00296. The summed E-state index contributed by atoms with van der Waals surface area (Å²) in [6.07, 6.45) is 0.451. The summed E-state index contributed by atoms with van der Waals surface area (Å²) in [5, 5.41) is 11.8. The van der Waals surface area contributed by atoms with Crippen molar-refractivity contribution in [3.63, 3.8) is 0 Å². The van der Waals surface area contributed by atoms with Gasteiger partial charge in [0.25, 0.3) is 0 Å². The molecule has 2 aliphatic heterocycles. The number of hydrogen-bond donors (Lipinski definition) is 2. The first-order chi connectivity index (χ1) is 9.87. The molecule has 0 aromatic heterocycles. The Kier molecular flexibility index (Phi) is 3.12. The van der Waals surface area contributed by atoms with Crippen LogP contribution in [-0.4, -0.2) is 49.5 Å². The summed E-state index contributed by atoms with van der Waals surface area (Å²) < 4.78 is 23.3. The number of nitrogens with zero attached hydrogens (tertiary/aromatic N) is 1. The highest BCUT2D eigenvalue weighted by atomic mass is 32.2. The summed E-state index contributed by atoms with van der Waals surface area (Å²) in [5.74, 6) is -1.37. The van der Waals surface area contributed by atoms with Crippen molar-refractivity contribution in [3.05, 3.63) is 23.8 Å². The fraction of sp³-hybridized carbons (Fsp3) is 0.385. The Balaban J connectivity index is 2.05. The van der Waals surface area contributed by atoms with Crippen LogP contribution in [0.25, 0.3) is 0 Å². The molecule has 7 nitrogen and oxygen atoms in total. The van der Waals surface area contributed by atoms with Crippen LogP contribution in [0.5, 0.6) is 0 Å². The number of amides is 1. The van der Waals surface area contributed by atoms with E-state index in [4.69, 9.17) is 0 Å². The number of carboxylic acids is 1. The number of rotatable bonds is 2. The number of para-hydroxylation sites is 1. The fourth-order valence-corrected chi connectivity index (χ4v) is 4.59. The molecule has 1 aromatic rings. The molecule has 1 saturated heterocycles. The molecule has 0 spiro atoms. The fourth-order valence-electron chi connectivity index (χ4n) is 2.85. The average molecular weight is 310 g/mol. The predicted molar refractivity (Wildman–Crippen MR) is 76.4 cm³/mol. The molecule has 1 atom stereocenters. The number of sulfone groups is 1. The van der Waals surface area contributed by atoms with Gasteiger partial charge in [-0.25, -0.2) is 13.2 Å². The Labute approximate surface area is 121 Å². The van der Waals surface area contributed by atoms with Crippen molar-refractivity contribution in [3.8, 4) is 0 Å². The summed E-state index contributed by atoms with van der Waals surface area (Å²) in [4.78, 5) is 24.8. The van der Waals surface area contributed by atoms with E-state index in [-0.39, 0.29) is 41.3 Å². The smallest absolute Gasteiger partial charge is 0.337 e. The second kappa shape index (κ2) is 4.73. The molecule has 1 fully saturated rings. The third-order valence-electron chi connectivity index (χ3n) is 3.81. The van der Waals surface area contributed by atoms with Gasteiger partial charge >= 0.3 is 5.97 Å². The van der Waals surface area contributed by atoms with Crippen LogP contribution in [0.15, 0.2) is 18.2 Å². The number of benzene rings is 1. The van der Waals surface area contributed by atoms with Crippen molar-refractivity contribution in [2.24, 2.45) is 0 Å². The monoisotopic (exact) mass is 310 g/mol. The second-order valence-electron chi connectivity index (χ2n) is 5.24. The van der Waals surface area contributed by atoms with Crippen molar-refractivity contribution in [1.29, 1.82) is 0 Å². The molecule has 3 rings (SSSR count). The molecule has 2 heterocycles. The van der Waals surface area contributed by atoms with Crippen LogP contribution in [0, 0.1) is 0 Å². The van der Waals surface area contributed by atoms with Gasteiger partial charge in [-0.15, -0.1) is 0 Å². The van der Waals surface area contributed by atoms with Gasteiger partial charge in [0.1, 0.15) is 0 Å². The molecule has 21 heavy (non-hydrogen) atoms. The Morgan fingerprint density at radius 2 is 2.14 bits per heavy atom. The molecule has 0 aliphatic carbocycles. The van der Waals surface area contributed by atoms with Crippen LogP contribution in [0.4, 0.5) is 11.4 Å². The third-order valence-corrected chi connectivity index (χ3v) is 5.56. The summed E-state index contributed by atoms with van der Waals surface area (Å²) in [5.41, 5.74) is 0.813. The van der Waals surface area contributed by atoms with E-state index < -0.39 is 15.8 Å². The zero-order chi connectivity index (χ0) is 15.2. The molecule has 2 aliphatic rings. The van der Waals surface area contributed by atoms with Gasteiger partial charge < -0.3 is 15.3 Å². The minimum atomic E-state index is -3.08. The largest absolute Gasteiger partial charge is 0.478 e. The molecule has 0 bridgehead atoms. The molecule has 0 saturated carbocycles. The Hall–Kier alpha value is -2.09. The van der Waals surface area contributed by atoms with Crippen molar-refractivity contribution in [1.82, 2.24) is 0 Å². The van der Waals surface area contributed by atoms with Gasteiger partial charge in [-0.1, -0.05) is 6.07 Å². The highest BCUT2D eigenvalue weighted by molar-refractivity contribution is 7.91. The van der Waals surface area contributed by atoms with Crippen LogP contribution in [0.3, 0.4) is 0 Å². The molecule has 1 amide bonds. The van der Waals surface area contributed by atoms with Crippen LogP contribution < -0.4 is 10.2 Å². The first kappa shape index (κ1) is 13.9. The van der Waals surface area contributed by atoms with Gasteiger partial charge in [0.15, 0.2) is 9.84 Å². The molecule has 8 heteroatoms. The van der Waals surface area contributed by atoms with E-state index in [1.807, 2.05) is 0 Å². The Morgan fingerprint density at radius 1 is 1.38 bits per heavy atom. The molecule has 0 radical (unpaired) electrons. The number of hydrogen-bond acceptors (Lipinski definition) is 5. The molecular formula is C13H14N2O5S. The lowest BCUT2D eigenvalue weighted by molar-refractivity contribution is -0.115. The molecule has 1 aromatic carbocycles. The van der Waals surface area contributed by atoms with Crippen molar-refractivity contribution < 1.29 is 23.1 Å². The van der Waals surface area contributed by atoms with E-state index in [1.165, 1.54) is 6.07 Å². The Morgan fingerprint density at radius 3 is 2.76 bits per heavy atom. The number of carboxylic acid groups (broad SMARTS) is 1.